The lowest BCUT2D eigenvalue weighted by Crippen LogP contribution is -2.47. The average molecular weight is 875 g/mol. The highest BCUT2D eigenvalue weighted by Crippen LogP contribution is 2.18. The number of aryl methyl sites for hydroxylation is 2. The van der Waals surface area contributed by atoms with Crippen LogP contribution in [0.1, 0.15) is 259 Å². The number of carbonyl (C=O) groups excluding carboxylic acids is 2. The third kappa shape index (κ3) is 30.9. The van der Waals surface area contributed by atoms with E-state index in [-0.39, 0.29) is 11.8 Å². The minimum absolute atomic E-state index is 0.00452. The molecule has 360 valence electrons. The Hall–Kier alpha value is -2.76. The second kappa shape index (κ2) is 40.7. The Bertz CT molecular complexity index is 1290. The molecule has 1 N–H and O–H groups in total. The van der Waals surface area contributed by atoms with Gasteiger partial charge in [0.1, 0.15) is 19.1 Å². The molecular weight excluding hydrogens is 773 g/mol. The number of amides is 2. The smallest absolute Gasteiger partial charge is 0.244 e. The van der Waals surface area contributed by atoms with Crippen LogP contribution < -0.4 is 14.5 Å². The molecular formula is C57H102N4O2+2. The Labute approximate surface area is 390 Å². The molecule has 2 aromatic rings. The molecule has 0 aliphatic carbocycles. The van der Waals surface area contributed by atoms with Crippen molar-refractivity contribution in [3.63, 3.8) is 0 Å². The molecule has 2 heterocycles. The van der Waals surface area contributed by atoms with Crippen LogP contribution in [0.4, 0.5) is 0 Å². The summed E-state index contributed by atoms with van der Waals surface area (Å²) in [5.41, 5.74) is 2.46. The zero-order valence-electron chi connectivity index (χ0n) is 42.1. The number of aromatic nitrogens is 2. The van der Waals surface area contributed by atoms with Gasteiger partial charge in [-0.3, -0.25) is 9.59 Å². The van der Waals surface area contributed by atoms with E-state index in [1.165, 1.54) is 204 Å². The van der Waals surface area contributed by atoms with Crippen molar-refractivity contribution >= 4 is 11.8 Å². The van der Waals surface area contributed by atoms with E-state index in [2.05, 4.69) is 89.2 Å². The number of unbranched alkanes of at least 4 members (excludes halogenated alkanes) is 32. The van der Waals surface area contributed by atoms with E-state index < -0.39 is 6.04 Å². The quantitative estimate of drug-likeness (QED) is 0.0533. The third-order valence-electron chi connectivity index (χ3n) is 13.4. The van der Waals surface area contributed by atoms with Crippen LogP contribution in [-0.2, 0) is 22.7 Å². The Morgan fingerprint density at radius 3 is 1.11 bits per heavy atom. The predicted octanol–water partition coefficient (Wildman–Crippen LogP) is 15.4. The first-order valence-electron chi connectivity index (χ1n) is 27.5. The topological polar surface area (TPSA) is 57.2 Å². The van der Waals surface area contributed by atoms with E-state index >= 15 is 0 Å². The van der Waals surface area contributed by atoms with E-state index in [1.807, 2.05) is 6.92 Å². The fourth-order valence-corrected chi connectivity index (χ4v) is 9.10. The lowest BCUT2D eigenvalue weighted by molar-refractivity contribution is -0.697. The fourth-order valence-electron chi connectivity index (χ4n) is 9.10. The fraction of sp³-hybridized carbons (Fsp3) is 0.789. The van der Waals surface area contributed by atoms with Crippen molar-refractivity contribution in [3.8, 4) is 11.1 Å². The number of pyridine rings is 2. The lowest BCUT2D eigenvalue weighted by atomic mass is 10.0. The highest BCUT2D eigenvalue weighted by atomic mass is 16.2. The van der Waals surface area contributed by atoms with Gasteiger partial charge >= 0.3 is 0 Å². The van der Waals surface area contributed by atoms with Gasteiger partial charge in [-0.2, -0.15) is 0 Å². The largest absolute Gasteiger partial charge is 0.345 e. The summed E-state index contributed by atoms with van der Waals surface area (Å²) in [4.78, 5) is 28.8. The molecule has 0 saturated carbocycles. The van der Waals surface area contributed by atoms with Crippen molar-refractivity contribution in [2.24, 2.45) is 0 Å². The van der Waals surface area contributed by atoms with Gasteiger partial charge in [0.2, 0.25) is 11.8 Å². The minimum atomic E-state index is -0.467. The van der Waals surface area contributed by atoms with Gasteiger partial charge in [0.05, 0.1) is 0 Å². The zero-order valence-corrected chi connectivity index (χ0v) is 42.1. The molecule has 6 nitrogen and oxygen atoms in total. The van der Waals surface area contributed by atoms with Crippen LogP contribution in [0.3, 0.4) is 0 Å². The first-order valence-corrected chi connectivity index (χ1v) is 27.5. The van der Waals surface area contributed by atoms with Crippen molar-refractivity contribution in [1.29, 1.82) is 0 Å². The van der Waals surface area contributed by atoms with Gasteiger partial charge < -0.3 is 10.2 Å². The molecule has 2 rings (SSSR count). The summed E-state index contributed by atoms with van der Waals surface area (Å²) in [7, 11) is 0. The molecule has 0 radical (unpaired) electrons. The number of nitrogens with zero attached hydrogens (tertiary/aromatic N) is 3. The molecule has 0 saturated heterocycles. The Kier molecular flexibility index (Phi) is 36.4. The molecule has 0 aliphatic rings. The molecule has 6 heteroatoms. The van der Waals surface area contributed by atoms with E-state index in [0.717, 1.165) is 58.3 Å². The van der Waals surface area contributed by atoms with Crippen LogP contribution in [0, 0.1) is 0 Å². The second-order valence-electron chi connectivity index (χ2n) is 19.3. The number of hydrogen-bond donors (Lipinski definition) is 1. The van der Waals surface area contributed by atoms with E-state index in [1.54, 1.807) is 0 Å². The first kappa shape index (κ1) is 56.4. The summed E-state index contributed by atoms with van der Waals surface area (Å²) >= 11 is 0. The van der Waals surface area contributed by atoms with E-state index in [0.29, 0.717) is 6.42 Å². The van der Waals surface area contributed by atoms with Gasteiger partial charge in [-0.1, -0.05) is 206 Å². The summed E-state index contributed by atoms with van der Waals surface area (Å²) in [6.45, 7) is 12.2. The maximum absolute atomic E-state index is 13.7. The van der Waals surface area contributed by atoms with Crippen molar-refractivity contribution in [2.75, 3.05) is 13.1 Å². The van der Waals surface area contributed by atoms with Gasteiger partial charge in [-0.15, -0.1) is 0 Å². The lowest BCUT2D eigenvalue weighted by Gasteiger charge is -2.26. The van der Waals surface area contributed by atoms with Crippen LogP contribution >= 0.6 is 0 Å². The standard InChI is InChI=1S/C57H101N4O2/c1-5-8-10-12-14-16-18-20-22-24-26-28-30-32-34-39-47-61(48-40-35-33-31-29-27-25-23-21-19-17-15-13-11-9-6-2)57(63)53(4)58-56(62)41-37-36-38-46-60-51-44-55(45-52-60)54-42-49-59(7-3)50-43-54/h42-45,49-53H,5-41,46-48H2,1-4H3/q+1/p+1. The second-order valence-corrected chi connectivity index (χ2v) is 19.3. The van der Waals surface area contributed by atoms with Crippen molar-refractivity contribution in [3.05, 3.63) is 49.1 Å². The molecule has 0 spiro atoms. The minimum Gasteiger partial charge on any atom is -0.345 e. The van der Waals surface area contributed by atoms with Gasteiger partial charge in [0.15, 0.2) is 24.8 Å². The maximum atomic E-state index is 13.7. The number of carbonyl (C=O) groups is 2. The van der Waals surface area contributed by atoms with Gasteiger partial charge in [-0.05, 0) is 50.7 Å². The van der Waals surface area contributed by atoms with Crippen molar-refractivity contribution < 1.29 is 18.7 Å². The van der Waals surface area contributed by atoms with Crippen LogP contribution in [0.15, 0.2) is 49.1 Å². The summed E-state index contributed by atoms with van der Waals surface area (Å²) in [5.74, 6) is 0.107. The number of nitrogens with one attached hydrogen (secondary N) is 1. The summed E-state index contributed by atoms with van der Waals surface area (Å²) in [5, 5.41) is 3.07. The molecule has 2 amide bonds. The van der Waals surface area contributed by atoms with Crippen LogP contribution in [0.5, 0.6) is 0 Å². The Balaban J connectivity index is 1.64. The van der Waals surface area contributed by atoms with Gasteiger partial charge in [0, 0.05) is 50.2 Å². The molecule has 0 aromatic carbocycles. The normalized spacial score (nSPS) is 11.9. The van der Waals surface area contributed by atoms with Gasteiger partial charge in [0.25, 0.3) is 0 Å². The highest BCUT2D eigenvalue weighted by Gasteiger charge is 2.21. The van der Waals surface area contributed by atoms with Gasteiger partial charge in [-0.25, -0.2) is 9.13 Å². The molecule has 2 aromatic heterocycles. The van der Waals surface area contributed by atoms with Crippen LogP contribution in [-0.4, -0.2) is 35.8 Å². The summed E-state index contributed by atoms with van der Waals surface area (Å²) in [6.07, 6.45) is 55.2. The highest BCUT2D eigenvalue weighted by molar-refractivity contribution is 5.87. The van der Waals surface area contributed by atoms with E-state index in [9.17, 15) is 9.59 Å². The van der Waals surface area contributed by atoms with E-state index in [4.69, 9.17) is 0 Å². The van der Waals surface area contributed by atoms with Crippen LogP contribution in [0.25, 0.3) is 11.1 Å². The summed E-state index contributed by atoms with van der Waals surface area (Å²) in [6, 6.07) is 8.24. The third-order valence-corrected chi connectivity index (χ3v) is 13.4. The molecule has 0 fully saturated rings. The zero-order chi connectivity index (χ0) is 45.3. The Morgan fingerprint density at radius 2 is 0.762 bits per heavy atom. The predicted molar refractivity (Wildman–Crippen MR) is 270 cm³/mol. The molecule has 63 heavy (non-hydrogen) atoms. The Morgan fingerprint density at radius 1 is 0.444 bits per heavy atom. The van der Waals surface area contributed by atoms with Crippen molar-refractivity contribution in [2.45, 2.75) is 278 Å². The number of hydrogen-bond acceptors (Lipinski definition) is 2. The molecule has 1 atom stereocenters. The average Bonchev–Trinajstić information content (AvgIpc) is 3.30. The molecule has 0 aliphatic heterocycles. The molecule has 1 unspecified atom stereocenters. The number of rotatable bonds is 44. The SMILES string of the molecule is CCCCCCCCCCCCCCCCCCN(CCCCCCCCCCCCCCCCCC)C(=O)C(C)NC(=O)CCCCC[n+]1ccc(-c2cc[n+](CC)cc2)cc1. The summed E-state index contributed by atoms with van der Waals surface area (Å²) < 4.78 is 4.40. The first-order chi connectivity index (χ1) is 31.0. The maximum Gasteiger partial charge on any atom is 0.244 e. The monoisotopic (exact) mass is 875 g/mol. The molecule has 0 bridgehead atoms. The van der Waals surface area contributed by atoms with Crippen molar-refractivity contribution in [1.82, 2.24) is 10.2 Å². The van der Waals surface area contributed by atoms with Crippen LogP contribution in [0.2, 0.25) is 0 Å².